The molecule has 2 aromatic rings. The van der Waals surface area contributed by atoms with Gasteiger partial charge in [-0.25, -0.2) is 4.98 Å². The molecule has 0 aliphatic heterocycles. The number of anilines is 1. The normalized spacial score (nSPS) is 22.1. The highest BCUT2D eigenvalue weighted by molar-refractivity contribution is 7.99. The second-order valence-corrected chi connectivity index (χ2v) is 6.29. The van der Waals surface area contributed by atoms with Crippen molar-refractivity contribution in [2.75, 3.05) is 12.4 Å². The smallest absolute Gasteiger partial charge is 0.188 e. The van der Waals surface area contributed by atoms with Crippen LogP contribution in [0.1, 0.15) is 25.7 Å². The minimum Gasteiger partial charge on any atom is -0.380 e. The molecule has 21 heavy (non-hydrogen) atoms. The van der Waals surface area contributed by atoms with Gasteiger partial charge in [-0.15, -0.1) is 0 Å². The maximum absolute atomic E-state index is 5.58. The van der Waals surface area contributed by atoms with Crippen LogP contribution in [-0.2, 0) is 4.74 Å². The molecular weight excluding hydrogens is 284 g/mol. The molecule has 0 saturated heterocycles. The van der Waals surface area contributed by atoms with Crippen LogP contribution in [0.15, 0.2) is 40.6 Å². The Kier molecular flexibility index (Phi) is 4.77. The molecule has 1 heterocycles. The van der Waals surface area contributed by atoms with Crippen molar-refractivity contribution in [3.8, 4) is 0 Å². The summed E-state index contributed by atoms with van der Waals surface area (Å²) in [5.41, 5.74) is 1.14. The number of aromatic amines is 1. The number of ether oxygens (including phenoxy) is 1. The monoisotopic (exact) mass is 304 g/mol. The van der Waals surface area contributed by atoms with E-state index >= 15 is 0 Å². The summed E-state index contributed by atoms with van der Waals surface area (Å²) in [4.78, 5) is 5.26. The van der Waals surface area contributed by atoms with Crippen LogP contribution in [0.2, 0.25) is 0 Å². The van der Waals surface area contributed by atoms with Gasteiger partial charge in [0.25, 0.3) is 0 Å². The first-order valence-corrected chi connectivity index (χ1v) is 8.09. The number of hydrogen-bond donors (Lipinski definition) is 2. The molecule has 3 rings (SSSR count). The van der Waals surface area contributed by atoms with E-state index < -0.39 is 0 Å². The Morgan fingerprint density at radius 1 is 1.24 bits per heavy atom. The van der Waals surface area contributed by atoms with Crippen LogP contribution in [0.3, 0.4) is 0 Å². The Balaban J connectivity index is 1.61. The lowest BCUT2D eigenvalue weighted by molar-refractivity contribution is 0.0606. The predicted octanol–water partition coefficient (Wildman–Crippen LogP) is 3.33. The second-order valence-electron chi connectivity index (χ2n) is 5.23. The molecule has 2 N–H and O–H groups in total. The molecule has 1 aromatic carbocycles. The maximum atomic E-state index is 5.58. The van der Waals surface area contributed by atoms with E-state index in [1.807, 2.05) is 7.11 Å². The topological polar surface area (TPSA) is 62.8 Å². The maximum Gasteiger partial charge on any atom is 0.188 e. The largest absolute Gasteiger partial charge is 0.380 e. The van der Waals surface area contributed by atoms with Crippen LogP contribution in [0.5, 0.6) is 0 Å². The number of nitrogens with zero attached hydrogens (tertiary/aromatic N) is 2. The van der Waals surface area contributed by atoms with E-state index in [0.29, 0.717) is 12.1 Å². The zero-order valence-electron chi connectivity index (χ0n) is 12.1. The summed E-state index contributed by atoms with van der Waals surface area (Å²) in [5, 5.41) is 11.1. The van der Waals surface area contributed by atoms with Crippen LogP contribution in [-0.4, -0.2) is 34.4 Å². The molecule has 1 aromatic heterocycles. The third-order valence-corrected chi connectivity index (χ3v) is 4.72. The highest BCUT2D eigenvalue weighted by atomic mass is 32.2. The van der Waals surface area contributed by atoms with Crippen LogP contribution in [0.25, 0.3) is 0 Å². The van der Waals surface area contributed by atoms with Gasteiger partial charge in [0, 0.05) is 17.7 Å². The molecule has 1 aliphatic rings. The molecule has 2 atom stereocenters. The van der Waals surface area contributed by atoms with Gasteiger partial charge in [0.1, 0.15) is 6.33 Å². The zero-order valence-corrected chi connectivity index (χ0v) is 12.9. The lowest BCUT2D eigenvalue weighted by Crippen LogP contribution is -2.37. The molecule has 0 amide bonds. The summed E-state index contributed by atoms with van der Waals surface area (Å²) in [7, 11) is 1.81. The number of hydrogen-bond acceptors (Lipinski definition) is 5. The Labute approximate surface area is 128 Å². The minimum atomic E-state index is 0.321. The SMILES string of the molecule is COC1CCCCC1Nc1ccc(Sc2ncn[nH]2)cc1. The van der Waals surface area contributed by atoms with Crippen LogP contribution < -0.4 is 5.32 Å². The third-order valence-electron chi connectivity index (χ3n) is 3.82. The van der Waals surface area contributed by atoms with Crippen molar-refractivity contribution in [1.82, 2.24) is 15.2 Å². The molecule has 0 spiro atoms. The molecule has 0 radical (unpaired) electrons. The van der Waals surface area contributed by atoms with Crippen molar-refractivity contribution in [2.24, 2.45) is 0 Å². The number of benzene rings is 1. The first-order chi connectivity index (χ1) is 10.3. The van der Waals surface area contributed by atoms with E-state index in [0.717, 1.165) is 22.2 Å². The number of aromatic nitrogens is 3. The standard InChI is InChI=1S/C15H20N4OS/c1-20-14-5-3-2-4-13(14)18-11-6-8-12(9-7-11)21-15-16-10-17-19-15/h6-10,13-14,18H,2-5H2,1H3,(H,16,17,19). The number of methoxy groups -OCH3 is 1. The highest BCUT2D eigenvalue weighted by Crippen LogP contribution is 2.27. The summed E-state index contributed by atoms with van der Waals surface area (Å²) in [6, 6.07) is 8.83. The second kappa shape index (κ2) is 6.95. The number of nitrogens with one attached hydrogen (secondary N) is 2. The molecule has 0 bridgehead atoms. The van der Waals surface area contributed by atoms with Crippen LogP contribution >= 0.6 is 11.8 Å². The molecule has 5 nitrogen and oxygen atoms in total. The molecule has 112 valence electrons. The van der Waals surface area contributed by atoms with Gasteiger partial charge >= 0.3 is 0 Å². The summed E-state index contributed by atoms with van der Waals surface area (Å²) in [6.07, 6.45) is 6.70. The van der Waals surface area contributed by atoms with E-state index in [9.17, 15) is 0 Å². The fraction of sp³-hybridized carbons (Fsp3) is 0.467. The van der Waals surface area contributed by atoms with Crippen molar-refractivity contribution in [3.63, 3.8) is 0 Å². The van der Waals surface area contributed by atoms with E-state index in [2.05, 4.69) is 44.8 Å². The van der Waals surface area contributed by atoms with Crippen LogP contribution in [0, 0.1) is 0 Å². The molecule has 2 unspecified atom stereocenters. The first-order valence-electron chi connectivity index (χ1n) is 7.28. The van der Waals surface area contributed by atoms with Gasteiger partial charge in [0.15, 0.2) is 5.16 Å². The Bertz CT molecular complexity index is 543. The minimum absolute atomic E-state index is 0.321. The first kappa shape index (κ1) is 14.4. The van der Waals surface area contributed by atoms with E-state index in [1.165, 1.54) is 25.6 Å². The van der Waals surface area contributed by atoms with Gasteiger partial charge in [-0.3, -0.25) is 5.10 Å². The molecule has 6 heteroatoms. The van der Waals surface area contributed by atoms with E-state index in [-0.39, 0.29) is 0 Å². The average molecular weight is 304 g/mol. The van der Waals surface area contributed by atoms with E-state index in [4.69, 9.17) is 4.74 Å². The van der Waals surface area contributed by atoms with Gasteiger partial charge in [0.05, 0.1) is 12.1 Å². The van der Waals surface area contributed by atoms with Crippen molar-refractivity contribution in [1.29, 1.82) is 0 Å². The van der Waals surface area contributed by atoms with E-state index in [1.54, 1.807) is 11.8 Å². The summed E-state index contributed by atoms with van der Waals surface area (Å²) >= 11 is 1.57. The fourth-order valence-corrected chi connectivity index (χ4v) is 3.43. The van der Waals surface area contributed by atoms with Gasteiger partial charge < -0.3 is 10.1 Å². The summed E-state index contributed by atoms with van der Waals surface area (Å²) < 4.78 is 5.58. The predicted molar refractivity (Wildman–Crippen MR) is 83.6 cm³/mol. The van der Waals surface area contributed by atoms with Gasteiger partial charge in [0.2, 0.25) is 0 Å². The fourth-order valence-electron chi connectivity index (χ4n) is 2.73. The van der Waals surface area contributed by atoms with Gasteiger partial charge in [-0.2, -0.15) is 5.10 Å². The van der Waals surface area contributed by atoms with Crippen molar-refractivity contribution < 1.29 is 4.74 Å². The van der Waals surface area contributed by atoms with Crippen molar-refractivity contribution >= 4 is 17.4 Å². The molecular formula is C15H20N4OS. The number of rotatable bonds is 5. The quantitative estimate of drug-likeness (QED) is 0.887. The molecule has 1 saturated carbocycles. The van der Waals surface area contributed by atoms with Crippen LogP contribution in [0.4, 0.5) is 5.69 Å². The Morgan fingerprint density at radius 3 is 2.76 bits per heavy atom. The molecule has 1 fully saturated rings. The van der Waals surface area contributed by atoms with Gasteiger partial charge in [-0.05, 0) is 37.1 Å². The third kappa shape index (κ3) is 3.77. The summed E-state index contributed by atoms with van der Waals surface area (Å²) in [6.45, 7) is 0. The van der Waals surface area contributed by atoms with Gasteiger partial charge in [-0.1, -0.05) is 24.6 Å². The lowest BCUT2D eigenvalue weighted by atomic mass is 9.92. The lowest BCUT2D eigenvalue weighted by Gasteiger charge is -2.31. The summed E-state index contributed by atoms with van der Waals surface area (Å²) in [5.74, 6) is 0. The van der Waals surface area contributed by atoms with Crippen molar-refractivity contribution in [3.05, 3.63) is 30.6 Å². The zero-order chi connectivity index (χ0) is 14.5. The number of H-pyrrole nitrogens is 1. The Hall–Kier alpha value is -1.53. The van der Waals surface area contributed by atoms with Crippen molar-refractivity contribution in [2.45, 2.75) is 47.9 Å². The highest BCUT2D eigenvalue weighted by Gasteiger charge is 2.24. The molecule has 1 aliphatic carbocycles. The average Bonchev–Trinajstić information content (AvgIpc) is 3.03. The Morgan fingerprint density at radius 2 is 2.05 bits per heavy atom.